The third kappa shape index (κ3) is 4.17. The van der Waals surface area contributed by atoms with Crippen LogP contribution in [0.15, 0.2) is 23.4 Å². The number of ether oxygens (including phenoxy) is 1. The van der Waals surface area contributed by atoms with Gasteiger partial charge in [0.1, 0.15) is 11.9 Å². The predicted molar refractivity (Wildman–Crippen MR) is 88.6 cm³/mol. The zero-order valence-corrected chi connectivity index (χ0v) is 14.5. The highest BCUT2D eigenvalue weighted by molar-refractivity contribution is 6.04. The molecule has 0 aromatic heterocycles. The monoisotopic (exact) mass is 365 g/mol. The zero-order valence-electron chi connectivity index (χ0n) is 14.5. The van der Waals surface area contributed by atoms with Crippen LogP contribution in [0.2, 0.25) is 0 Å². The molecule has 0 aliphatic carbocycles. The van der Waals surface area contributed by atoms with Crippen LogP contribution >= 0.6 is 0 Å². The van der Waals surface area contributed by atoms with Crippen LogP contribution in [0.25, 0.3) is 0 Å². The normalized spacial score (nSPS) is 24.7. The number of carbonyl (C=O) groups excluding carboxylic acids is 2. The molecule has 140 valence electrons. The van der Waals surface area contributed by atoms with E-state index in [0.29, 0.717) is 17.7 Å². The lowest BCUT2D eigenvalue weighted by molar-refractivity contribution is -0.140. The van der Waals surface area contributed by atoms with Gasteiger partial charge in [-0.25, -0.2) is 9.87 Å². The van der Waals surface area contributed by atoms with Gasteiger partial charge in [0, 0.05) is 18.4 Å². The average Bonchev–Trinajstić information content (AvgIpc) is 3.23. The highest BCUT2D eigenvalue weighted by Gasteiger charge is 2.35. The van der Waals surface area contributed by atoms with Gasteiger partial charge >= 0.3 is 0 Å². The molecule has 2 amide bonds. The molecule has 2 aliphatic rings. The van der Waals surface area contributed by atoms with Crippen molar-refractivity contribution >= 4 is 17.5 Å². The third-order valence-corrected chi connectivity index (χ3v) is 4.18. The fraction of sp³-hybridized carbons (Fsp3) is 0.471. The maximum absolute atomic E-state index is 13.5. The molecule has 0 radical (unpaired) electrons. The minimum atomic E-state index is -0.791. The van der Waals surface area contributed by atoms with Crippen molar-refractivity contribution in [3.63, 3.8) is 0 Å². The van der Waals surface area contributed by atoms with E-state index in [4.69, 9.17) is 9.57 Å². The van der Waals surface area contributed by atoms with E-state index in [9.17, 15) is 14.0 Å². The first kappa shape index (κ1) is 18.3. The molecule has 2 aliphatic heterocycles. The summed E-state index contributed by atoms with van der Waals surface area (Å²) in [5.41, 5.74) is 4.08. The molecule has 0 saturated carbocycles. The lowest BCUT2D eigenvalue weighted by Crippen LogP contribution is -2.42. The first-order chi connectivity index (χ1) is 12.5. The molecule has 1 aromatic rings. The molecular formula is C17H20FN3O5. The summed E-state index contributed by atoms with van der Waals surface area (Å²) in [6.07, 6.45) is -0.882. The lowest BCUT2D eigenvalue weighted by atomic mass is 10.0. The Balaban J connectivity index is 1.52. The maximum Gasteiger partial charge on any atom is 0.272 e. The standard InChI is InChI=1S/C17H20FN3O5/c1-9-3-10(5-11(18)4-9)13-7-15(26-20-13)16(22)19-12-6-14(25-8-12)17(23)21-24-2/h3-5,12,14-15H,6-8H2,1-2H3,(H,19,22)(H,21,23)/t12?,14-,15?/m1/s1. The minimum Gasteiger partial charge on any atom is -0.382 e. The van der Waals surface area contributed by atoms with Crippen LogP contribution in [0, 0.1) is 12.7 Å². The van der Waals surface area contributed by atoms with Gasteiger partial charge in [-0.3, -0.25) is 14.4 Å². The molecule has 1 aromatic carbocycles. The van der Waals surface area contributed by atoms with Crippen molar-refractivity contribution in [2.24, 2.45) is 5.16 Å². The number of hydrogen-bond donors (Lipinski definition) is 2. The van der Waals surface area contributed by atoms with E-state index in [1.54, 1.807) is 13.0 Å². The SMILES string of the molecule is CONC(=O)[C@H]1CC(NC(=O)C2CC(c3cc(C)cc(F)c3)=NO2)CO1. The van der Waals surface area contributed by atoms with Gasteiger partial charge in [-0.05, 0) is 30.7 Å². The Kier molecular flexibility index (Phi) is 5.48. The molecule has 9 heteroatoms. The number of hydrogen-bond acceptors (Lipinski definition) is 6. The zero-order chi connectivity index (χ0) is 18.7. The summed E-state index contributed by atoms with van der Waals surface area (Å²) in [4.78, 5) is 33.7. The fourth-order valence-corrected chi connectivity index (χ4v) is 2.96. The van der Waals surface area contributed by atoms with Gasteiger partial charge in [0.2, 0.25) is 6.10 Å². The van der Waals surface area contributed by atoms with Crippen molar-refractivity contribution in [2.45, 2.75) is 38.0 Å². The number of oxime groups is 1. The van der Waals surface area contributed by atoms with Crippen LogP contribution in [0.4, 0.5) is 4.39 Å². The molecule has 3 rings (SSSR count). The predicted octanol–water partition coefficient (Wildman–Crippen LogP) is 0.578. The molecule has 26 heavy (non-hydrogen) atoms. The number of nitrogens with zero attached hydrogens (tertiary/aromatic N) is 1. The molecule has 2 N–H and O–H groups in total. The number of halogens is 1. The van der Waals surface area contributed by atoms with Gasteiger partial charge in [-0.2, -0.15) is 0 Å². The van der Waals surface area contributed by atoms with E-state index in [1.165, 1.54) is 19.2 Å². The molecule has 2 heterocycles. The number of rotatable bonds is 5. The highest BCUT2D eigenvalue weighted by atomic mass is 19.1. The smallest absolute Gasteiger partial charge is 0.272 e. The fourth-order valence-electron chi connectivity index (χ4n) is 2.96. The molecule has 0 spiro atoms. The Labute approximate surface area is 149 Å². The van der Waals surface area contributed by atoms with Crippen molar-refractivity contribution in [2.75, 3.05) is 13.7 Å². The van der Waals surface area contributed by atoms with E-state index >= 15 is 0 Å². The molecule has 3 atom stereocenters. The summed E-state index contributed by atoms with van der Waals surface area (Å²) in [6.45, 7) is 2.00. The molecule has 8 nitrogen and oxygen atoms in total. The summed E-state index contributed by atoms with van der Waals surface area (Å²) in [5.74, 6) is -1.11. The van der Waals surface area contributed by atoms with E-state index < -0.39 is 18.1 Å². The van der Waals surface area contributed by atoms with Gasteiger partial charge in [0.05, 0.1) is 25.5 Å². The largest absolute Gasteiger partial charge is 0.382 e. The molecule has 1 saturated heterocycles. The summed E-state index contributed by atoms with van der Waals surface area (Å²) in [7, 11) is 1.33. The van der Waals surface area contributed by atoms with Gasteiger partial charge in [0.15, 0.2) is 0 Å². The van der Waals surface area contributed by atoms with Crippen LogP contribution in [-0.4, -0.2) is 49.5 Å². The van der Waals surface area contributed by atoms with Crippen LogP contribution in [0.1, 0.15) is 24.0 Å². The second-order valence-corrected chi connectivity index (χ2v) is 6.29. The Morgan fingerprint density at radius 3 is 2.81 bits per heavy atom. The average molecular weight is 365 g/mol. The number of amides is 2. The van der Waals surface area contributed by atoms with E-state index in [0.717, 1.165) is 5.56 Å². The van der Waals surface area contributed by atoms with E-state index in [2.05, 4.69) is 20.8 Å². The van der Waals surface area contributed by atoms with Crippen molar-refractivity contribution in [3.8, 4) is 0 Å². The van der Waals surface area contributed by atoms with Crippen LogP contribution < -0.4 is 10.8 Å². The van der Waals surface area contributed by atoms with Crippen LogP contribution in [0.3, 0.4) is 0 Å². The Morgan fingerprint density at radius 2 is 2.08 bits per heavy atom. The first-order valence-corrected chi connectivity index (χ1v) is 8.21. The van der Waals surface area contributed by atoms with E-state index in [1.807, 2.05) is 0 Å². The highest BCUT2D eigenvalue weighted by Crippen LogP contribution is 2.20. The Hall–Kier alpha value is -2.52. The molecule has 0 bridgehead atoms. The van der Waals surface area contributed by atoms with Gasteiger partial charge in [-0.1, -0.05) is 5.16 Å². The van der Waals surface area contributed by atoms with Crippen LogP contribution in [-0.2, 0) is 24.0 Å². The summed E-state index contributed by atoms with van der Waals surface area (Å²) >= 11 is 0. The van der Waals surface area contributed by atoms with Crippen molar-refractivity contribution < 1.29 is 28.4 Å². The second kappa shape index (κ2) is 7.79. The Bertz CT molecular complexity index is 719. The van der Waals surface area contributed by atoms with Crippen molar-refractivity contribution in [3.05, 3.63) is 35.1 Å². The number of hydroxylamine groups is 1. The maximum atomic E-state index is 13.5. The summed E-state index contributed by atoms with van der Waals surface area (Å²) in [5, 5.41) is 6.70. The van der Waals surface area contributed by atoms with Gasteiger partial charge in [0.25, 0.3) is 11.8 Å². The summed E-state index contributed by atoms with van der Waals surface area (Å²) < 4.78 is 18.9. The number of carbonyl (C=O) groups is 2. The van der Waals surface area contributed by atoms with Crippen molar-refractivity contribution in [1.82, 2.24) is 10.8 Å². The lowest BCUT2D eigenvalue weighted by Gasteiger charge is -2.14. The summed E-state index contributed by atoms with van der Waals surface area (Å²) in [6, 6.07) is 4.26. The van der Waals surface area contributed by atoms with Gasteiger partial charge < -0.3 is 14.9 Å². The number of aryl methyl sites for hydroxylation is 1. The topological polar surface area (TPSA) is 98.3 Å². The molecular weight excluding hydrogens is 345 g/mol. The van der Waals surface area contributed by atoms with Gasteiger partial charge in [-0.15, -0.1) is 0 Å². The van der Waals surface area contributed by atoms with Crippen LogP contribution in [0.5, 0.6) is 0 Å². The molecule has 1 fully saturated rings. The number of nitrogens with one attached hydrogen (secondary N) is 2. The first-order valence-electron chi connectivity index (χ1n) is 8.21. The van der Waals surface area contributed by atoms with Crippen molar-refractivity contribution in [1.29, 1.82) is 0 Å². The van der Waals surface area contributed by atoms with E-state index in [-0.39, 0.29) is 30.8 Å². The minimum absolute atomic E-state index is 0.219. The molecule has 2 unspecified atom stereocenters. The second-order valence-electron chi connectivity index (χ2n) is 6.29. The quantitative estimate of drug-likeness (QED) is 0.744. The Morgan fingerprint density at radius 1 is 1.27 bits per heavy atom. The third-order valence-electron chi connectivity index (χ3n) is 4.18. The number of benzene rings is 1.